The van der Waals surface area contributed by atoms with E-state index in [0.717, 1.165) is 22.0 Å². The molecule has 0 radical (unpaired) electrons. The number of anilines is 1. The molecule has 1 N–H and O–H groups in total. The summed E-state index contributed by atoms with van der Waals surface area (Å²) in [4.78, 5) is 42.6. The van der Waals surface area contributed by atoms with Crippen LogP contribution in [0.1, 0.15) is 49.5 Å². The van der Waals surface area contributed by atoms with E-state index >= 15 is 0 Å². The normalized spacial score (nSPS) is 13.4. The first-order chi connectivity index (χ1) is 17.3. The molecular formula is C29H32ClN3O3. The smallest absolute Gasteiger partial charge is 0.258 e. The maximum absolute atomic E-state index is 13.4. The topological polar surface area (TPSA) is 69.7 Å². The third-order valence-electron chi connectivity index (χ3n) is 6.52. The van der Waals surface area contributed by atoms with Crippen molar-refractivity contribution in [2.45, 2.75) is 46.2 Å². The van der Waals surface area contributed by atoms with Gasteiger partial charge in [0.1, 0.15) is 6.04 Å². The predicted molar refractivity (Wildman–Crippen MR) is 144 cm³/mol. The van der Waals surface area contributed by atoms with Gasteiger partial charge in [-0.25, -0.2) is 0 Å². The number of rotatable bonds is 10. The van der Waals surface area contributed by atoms with Crippen LogP contribution in [0.4, 0.5) is 5.69 Å². The van der Waals surface area contributed by atoms with Crippen LogP contribution in [0.25, 0.3) is 10.8 Å². The summed E-state index contributed by atoms with van der Waals surface area (Å²) in [5.74, 6) is -0.0447. The molecule has 0 aliphatic carbocycles. The lowest BCUT2D eigenvalue weighted by molar-refractivity contribution is -0.140. The number of carbonyl (C=O) groups excluding carboxylic acids is 3. The number of benzene rings is 3. The highest BCUT2D eigenvalue weighted by Gasteiger charge is 2.30. The Kier molecular flexibility index (Phi) is 7.94. The molecular weight excluding hydrogens is 474 g/mol. The minimum Gasteiger partial charge on any atom is -0.354 e. The molecule has 1 atom stereocenters. The van der Waals surface area contributed by atoms with Gasteiger partial charge in [0, 0.05) is 42.0 Å². The van der Waals surface area contributed by atoms with Gasteiger partial charge in [0.2, 0.25) is 11.8 Å². The SMILES string of the molecule is CC(C)CNC(=O)[C@H](C)N(Cc1cccc(Cl)c1)C(=O)CCCN1C(=O)c2cccc3cccc1c23. The highest BCUT2D eigenvalue weighted by molar-refractivity contribution is 6.30. The molecule has 36 heavy (non-hydrogen) atoms. The zero-order chi connectivity index (χ0) is 25.8. The van der Waals surface area contributed by atoms with Gasteiger partial charge in [-0.05, 0) is 54.5 Å². The number of amides is 3. The Hall–Kier alpha value is -3.38. The van der Waals surface area contributed by atoms with Gasteiger partial charge in [-0.2, -0.15) is 0 Å². The molecule has 0 fully saturated rings. The Bertz CT molecular complexity index is 1280. The maximum Gasteiger partial charge on any atom is 0.258 e. The van der Waals surface area contributed by atoms with E-state index in [2.05, 4.69) is 5.32 Å². The molecule has 0 unspecified atom stereocenters. The van der Waals surface area contributed by atoms with E-state index in [4.69, 9.17) is 11.6 Å². The van der Waals surface area contributed by atoms with Crippen LogP contribution in [0, 0.1) is 5.92 Å². The molecule has 4 rings (SSSR count). The van der Waals surface area contributed by atoms with Crippen LogP contribution in [-0.2, 0) is 16.1 Å². The van der Waals surface area contributed by atoms with Crippen molar-refractivity contribution < 1.29 is 14.4 Å². The lowest BCUT2D eigenvalue weighted by Gasteiger charge is -2.29. The lowest BCUT2D eigenvalue weighted by atomic mass is 10.1. The van der Waals surface area contributed by atoms with Gasteiger partial charge in [0.05, 0.1) is 5.69 Å². The molecule has 3 amide bonds. The van der Waals surface area contributed by atoms with Crippen molar-refractivity contribution in [1.82, 2.24) is 10.2 Å². The Morgan fingerprint density at radius 1 is 1.03 bits per heavy atom. The Balaban J connectivity index is 1.45. The molecule has 188 valence electrons. The fourth-order valence-corrected chi connectivity index (χ4v) is 4.81. The number of hydrogen-bond donors (Lipinski definition) is 1. The van der Waals surface area contributed by atoms with Gasteiger partial charge >= 0.3 is 0 Å². The number of nitrogens with zero attached hydrogens (tertiary/aromatic N) is 2. The highest BCUT2D eigenvalue weighted by atomic mass is 35.5. The molecule has 6 nitrogen and oxygen atoms in total. The minimum atomic E-state index is -0.637. The molecule has 0 saturated carbocycles. The van der Waals surface area contributed by atoms with Crippen molar-refractivity contribution in [1.29, 1.82) is 0 Å². The second kappa shape index (κ2) is 11.1. The number of nitrogens with one attached hydrogen (secondary N) is 1. The lowest BCUT2D eigenvalue weighted by Crippen LogP contribution is -2.48. The van der Waals surface area contributed by atoms with E-state index in [1.165, 1.54) is 0 Å². The van der Waals surface area contributed by atoms with E-state index < -0.39 is 6.04 Å². The Morgan fingerprint density at radius 2 is 1.75 bits per heavy atom. The quantitative estimate of drug-likeness (QED) is 0.400. The van der Waals surface area contributed by atoms with Gasteiger partial charge in [-0.3, -0.25) is 14.4 Å². The summed E-state index contributed by atoms with van der Waals surface area (Å²) >= 11 is 6.16. The monoisotopic (exact) mass is 505 g/mol. The first kappa shape index (κ1) is 25.7. The largest absolute Gasteiger partial charge is 0.354 e. The van der Waals surface area contributed by atoms with Crippen molar-refractivity contribution >= 4 is 45.8 Å². The molecule has 0 aromatic heterocycles. The molecule has 0 saturated heterocycles. The number of halogens is 1. The van der Waals surface area contributed by atoms with Crippen LogP contribution in [0.2, 0.25) is 5.02 Å². The Labute approximate surface area is 217 Å². The summed E-state index contributed by atoms with van der Waals surface area (Å²) in [6.07, 6.45) is 0.708. The summed E-state index contributed by atoms with van der Waals surface area (Å²) in [5.41, 5.74) is 2.45. The van der Waals surface area contributed by atoms with Crippen LogP contribution in [0.5, 0.6) is 0 Å². The van der Waals surface area contributed by atoms with Gasteiger partial charge in [0.25, 0.3) is 5.91 Å². The summed E-state index contributed by atoms with van der Waals surface area (Å²) in [6, 6.07) is 18.3. The minimum absolute atomic E-state index is 0.0357. The van der Waals surface area contributed by atoms with Gasteiger partial charge < -0.3 is 15.1 Å². The number of carbonyl (C=O) groups is 3. The number of hydrogen-bond acceptors (Lipinski definition) is 3. The first-order valence-corrected chi connectivity index (χ1v) is 12.8. The molecule has 0 bridgehead atoms. The Morgan fingerprint density at radius 3 is 2.47 bits per heavy atom. The van der Waals surface area contributed by atoms with E-state index in [-0.39, 0.29) is 30.7 Å². The average Bonchev–Trinajstić information content (AvgIpc) is 3.13. The third-order valence-corrected chi connectivity index (χ3v) is 6.75. The van der Waals surface area contributed by atoms with Crippen molar-refractivity contribution in [2.24, 2.45) is 5.92 Å². The van der Waals surface area contributed by atoms with E-state index in [1.807, 2.05) is 62.4 Å². The zero-order valence-corrected chi connectivity index (χ0v) is 21.7. The van der Waals surface area contributed by atoms with E-state index in [1.54, 1.807) is 28.9 Å². The van der Waals surface area contributed by atoms with Crippen LogP contribution in [-0.4, -0.2) is 41.8 Å². The standard InChI is InChI=1S/C29H32ClN3O3/c1-19(2)17-31-28(35)20(3)33(18-21-8-4-11-23(30)16-21)26(34)14-7-15-32-25-13-6-10-22-9-5-12-24(27(22)25)29(32)36/h4-6,8-13,16,19-20H,7,14-15,17-18H2,1-3H3,(H,31,35)/t20-/m0/s1. The molecule has 1 heterocycles. The highest BCUT2D eigenvalue weighted by Crippen LogP contribution is 2.37. The van der Waals surface area contributed by atoms with Crippen molar-refractivity contribution in [3.63, 3.8) is 0 Å². The summed E-state index contributed by atoms with van der Waals surface area (Å²) in [5, 5.41) is 5.51. The average molecular weight is 506 g/mol. The molecule has 1 aliphatic rings. The van der Waals surface area contributed by atoms with Crippen molar-refractivity contribution in [3.05, 3.63) is 76.8 Å². The second-order valence-electron chi connectivity index (χ2n) is 9.71. The van der Waals surface area contributed by atoms with E-state index in [9.17, 15) is 14.4 Å². The molecule has 0 spiro atoms. The van der Waals surface area contributed by atoms with Crippen LogP contribution in [0.15, 0.2) is 60.7 Å². The summed E-state index contributed by atoms with van der Waals surface area (Å²) < 4.78 is 0. The fourth-order valence-electron chi connectivity index (χ4n) is 4.60. The molecule has 1 aliphatic heterocycles. The third kappa shape index (κ3) is 5.54. The molecule has 3 aromatic carbocycles. The van der Waals surface area contributed by atoms with Gasteiger partial charge in [-0.15, -0.1) is 0 Å². The zero-order valence-electron chi connectivity index (χ0n) is 21.0. The summed E-state index contributed by atoms with van der Waals surface area (Å²) in [7, 11) is 0. The molecule has 7 heteroatoms. The van der Waals surface area contributed by atoms with E-state index in [0.29, 0.717) is 36.0 Å². The predicted octanol–water partition coefficient (Wildman–Crippen LogP) is 5.42. The van der Waals surface area contributed by atoms with Crippen LogP contribution in [0.3, 0.4) is 0 Å². The second-order valence-corrected chi connectivity index (χ2v) is 10.1. The van der Waals surface area contributed by atoms with Crippen LogP contribution >= 0.6 is 11.6 Å². The van der Waals surface area contributed by atoms with Crippen molar-refractivity contribution in [2.75, 3.05) is 18.0 Å². The van der Waals surface area contributed by atoms with Gasteiger partial charge in [0.15, 0.2) is 0 Å². The maximum atomic E-state index is 13.4. The molecule has 3 aromatic rings. The van der Waals surface area contributed by atoms with Gasteiger partial charge in [-0.1, -0.05) is 61.8 Å². The fraction of sp³-hybridized carbons (Fsp3) is 0.345. The first-order valence-electron chi connectivity index (χ1n) is 12.4. The van der Waals surface area contributed by atoms with Crippen molar-refractivity contribution in [3.8, 4) is 0 Å². The van der Waals surface area contributed by atoms with Crippen LogP contribution < -0.4 is 10.2 Å². The summed E-state index contributed by atoms with van der Waals surface area (Å²) in [6.45, 7) is 7.06.